The molecule has 1 N–H and O–H groups in total. The Hall–Kier alpha value is -2.40. The van der Waals surface area contributed by atoms with Crippen LogP contribution in [0.2, 0.25) is 5.02 Å². The van der Waals surface area contributed by atoms with Crippen molar-refractivity contribution in [3.63, 3.8) is 0 Å². The minimum atomic E-state index is -0.906. The lowest BCUT2D eigenvalue weighted by atomic mass is 10.0. The highest BCUT2D eigenvalue weighted by Gasteiger charge is 2.15. The van der Waals surface area contributed by atoms with Gasteiger partial charge in [0.25, 0.3) is 0 Å². The summed E-state index contributed by atoms with van der Waals surface area (Å²) in [6, 6.07) is 16.1. The molecule has 0 spiro atoms. The van der Waals surface area contributed by atoms with Crippen molar-refractivity contribution in [2.45, 2.75) is 13.3 Å². The van der Waals surface area contributed by atoms with Gasteiger partial charge in [-0.05, 0) is 47.7 Å². The Morgan fingerprint density at radius 3 is 2.27 bits per heavy atom. The molecule has 158 valence electrons. The van der Waals surface area contributed by atoms with Crippen molar-refractivity contribution in [1.82, 2.24) is 9.80 Å². The van der Waals surface area contributed by atoms with Gasteiger partial charge in [-0.15, -0.1) is 0 Å². The highest BCUT2D eigenvalue weighted by Crippen LogP contribution is 2.15. The summed E-state index contributed by atoms with van der Waals surface area (Å²) in [4.78, 5) is 15.8. The molecule has 30 heavy (non-hydrogen) atoms. The molecule has 2 aromatic carbocycles. The van der Waals surface area contributed by atoms with Crippen molar-refractivity contribution in [3.05, 3.63) is 82.4 Å². The van der Waals surface area contributed by atoms with Crippen molar-refractivity contribution in [3.8, 4) is 0 Å². The van der Waals surface area contributed by atoms with Gasteiger partial charge in [0.05, 0.1) is 0 Å². The van der Waals surface area contributed by atoms with Gasteiger partial charge in [-0.3, -0.25) is 4.90 Å². The van der Waals surface area contributed by atoms with Gasteiger partial charge in [0.15, 0.2) is 0 Å². The molecule has 4 nitrogen and oxygen atoms in total. The Morgan fingerprint density at radius 2 is 1.63 bits per heavy atom. The average Bonchev–Trinajstić information content (AvgIpc) is 2.74. The van der Waals surface area contributed by atoms with Crippen LogP contribution in [0.25, 0.3) is 11.6 Å². The fraction of sp³-hybridized carbons (Fsp3) is 0.320. The Labute approximate surface area is 184 Å². The summed E-state index contributed by atoms with van der Waals surface area (Å²) in [6.07, 6.45) is 6.64. The van der Waals surface area contributed by atoms with Crippen LogP contribution in [0.5, 0.6) is 0 Å². The van der Waals surface area contributed by atoms with Gasteiger partial charge in [-0.25, -0.2) is 4.79 Å². The number of nitrogens with zero attached hydrogens (tertiary/aromatic N) is 2. The number of rotatable bonds is 8. The summed E-state index contributed by atoms with van der Waals surface area (Å²) in [7, 11) is 0. The van der Waals surface area contributed by atoms with Gasteiger partial charge >= 0.3 is 5.97 Å². The summed E-state index contributed by atoms with van der Waals surface area (Å²) in [5.74, 6) is -0.906. The first kappa shape index (κ1) is 22.3. The minimum Gasteiger partial charge on any atom is -0.478 e. The molecule has 5 heteroatoms. The van der Waals surface area contributed by atoms with Crippen LogP contribution in [-0.2, 0) is 11.2 Å². The molecule has 1 aliphatic heterocycles. The monoisotopic (exact) mass is 424 g/mol. The third-order valence-corrected chi connectivity index (χ3v) is 5.73. The van der Waals surface area contributed by atoms with Gasteiger partial charge in [-0.2, -0.15) is 0 Å². The minimum absolute atomic E-state index is 0.768. The molecule has 0 atom stereocenters. The van der Waals surface area contributed by atoms with E-state index in [0.717, 1.165) is 61.8 Å². The topological polar surface area (TPSA) is 43.8 Å². The maximum absolute atomic E-state index is 10.8. The van der Waals surface area contributed by atoms with Crippen molar-refractivity contribution >= 4 is 29.2 Å². The van der Waals surface area contributed by atoms with Crippen LogP contribution < -0.4 is 0 Å². The van der Waals surface area contributed by atoms with Crippen LogP contribution in [0.1, 0.15) is 23.6 Å². The number of allylic oxidation sites excluding steroid dienone is 1. The lowest BCUT2D eigenvalue weighted by molar-refractivity contribution is -0.131. The normalized spacial score (nSPS) is 16.3. The van der Waals surface area contributed by atoms with Gasteiger partial charge in [0, 0.05) is 50.4 Å². The first-order valence-corrected chi connectivity index (χ1v) is 10.7. The van der Waals surface area contributed by atoms with Crippen LogP contribution in [0.4, 0.5) is 0 Å². The largest absolute Gasteiger partial charge is 0.478 e. The van der Waals surface area contributed by atoms with E-state index in [9.17, 15) is 4.79 Å². The van der Waals surface area contributed by atoms with Crippen LogP contribution in [0.3, 0.4) is 0 Å². The van der Waals surface area contributed by atoms with E-state index in [-0.39, 0.29) is 0 Å². The summed E-state index contributed by atoms with van der Waals surface area (Å²) >= 11 is 5.92. The highest BCUT2D eigenvalue weighted by atomic mass is 35.5. The zero-order valence-electron chi connectivity index (χ0n) is 17.4. The predicted molar refractivity (Wildman–Crippen MR) is 125 cm³/mol. The SMILES string of the molecule is CC(=CC(=O)O)c1ccc(CCN2CCN(CC=Cc3ccc(Cl)cc3)CC2)cc1. The van der Waals surface area contributed by atoms with Crippen molar-refractivity contribution in [2.24, 2.45) is 0 Å². The Balaban J connectivity index is 1.38. The summed E-state index contributed by atoms with van der Waals surface area (Å²) in [5, 5.41) is 9.63. The fourth-order valence-electron chi connectivity index (χ4n) is 3.60. The second-order valence-electron chi connectivity index (χ2n) is 7.71. The molecule has 2 aromatic rings. The maximum atomic E-state index is 10.8. The van der Waals surface area contributed by atoms with Crippen molar-refractivity contribution in [2.75, 3.05) is 39.3 Å². The number of hydrogen-bond donors (Lipinski definition) is 1. The van der Waals surface area contributed by atoms with Crippen molar-refractivity contribution < 1.29 is 9.90 Å². The number of piperazine rings is 1. The smallest absolute Gasteiger partial charge is 0.328 e. The quantitative estimate of drug-likeness (QED) is 0.624. The van der Waals surface area contributed by atoms with E-state index >= 15 is 0 Å². The van der Waals surface area contributed by atoms with Crippen LogP contribution >= 0.6 is 11.6 Å². The molecular formula is C25H29ClN2O2. The third kappa shape index (κ3) is 7.13. The molecule has 0 unspecified atom stereocenters. The molecule has 1 saturated heterocycles. The Morgan fingerprint density at radius 1 is 1.00 bits per heavy atom. The average molecular weight is 425 g/mol. The predicted octanol–water partition coefficient (Wildman–Crippen LogP) is 4.70. The summed E-state index contributed by atoms with van der Waals surface area (Å²) < 4.78 is 0. The first-order valence-electron chi connectivity index (χ1n) is 10.4. The Bertz CT molecular complexity index is 880. The van der Waals surface area contributed by atoms with E-state index in [1.165, 1.54) is 17.2 Å². The molecule has 0 aromatic heterocycles. The molecule has 1 heterocycles. The van der Waals surface area contributed by atoms with Crippen LogP contribution in [0.15, 0.2) is 60.7 Å². The molecule has 0 bridgehead atoms. The number of carbonyl (C=O) groups is 1. The number of hydrogen-bond acceptors (Lipinski definition) is 3. The molecule has 0 aliphatic carbocycles. The molecule has 0 radical (unpaired) electrons. The van der Waals surface area contributed by atoms with E-state index < -0.39 is 5.97 Å². The Kier molecular flexibility index (Phi) is 8.26. The van der Waals surface area contributed by atoms with Gasteiger partial charge in [0.2, 0.25) is 0 Å². The lowest BCUT2D eigenvalue weighted by Crippen LogP contribution is -2.46. The van der Waals surface area contributed by atoms with Crippen molar-refractivity contribution in [1.29, 1.82) is 0 Å². The van der Waals surface area contributed by atoms with Gasteiger partial charge in [-0.1, -0.05) is 60.2 Å². The number of benzene rings is 2. The molecule has 0 saturated carbocycles. The zero-order valence-corrected chi connectivity index (χ0v) is 18.2. The molecule has 3 rings (SSSR count). The third-order valence-electron chi connectivity index (χ3n) is 5.47. The van der Waals surface area contributed by atoms with Gasteiger partial charge in [0.1, 0.15) is 0 Å². The van der Waals surface area contributed by atoms with Crippen LogP contribution in [0, 0.1) is 0 Å². The highest BCUT2D eigenvalue weighted by molar-refractivity contribution is 6.30. The maximum Gasteiger partial charge on any atom is 0.328 e. The summed E-state index contributed by atoms with van der Waals surface area (Å²) in [6.45, 7) is 8.21. The second-order valence-corrected chi connectivity index (χ2v) is 8.15. The molecular weight excluding hydrogens is 396 g/mol. The number of carboxylic acids is 1. The fourth-order valence-corrected chi connectivity index (χ4v) is 3.72. The van der Waals surface area contributed by atoms with Crippen LogP contribution in [-0.4, -0.2) is 60.1 Å². The zero-order chi connectivity index (χ0) is 21.3. The molecule has 1 fully saturated rings. The van der Waals surface area contributed by atoms with E-state index in [0.29, 0.717) is 0 Å². The van der Waals surface area contributed by atoms with E-state index in [1.54, 1.807) is 0 Å². The van der Waals surface area contributed by atoms with E-state index in [4.69, 9.17) is 16.7 Å². The number of halogens is 1. The summed E-state index contributed by atoms with van der Waals surface area (Å²) in [5.41, 5.74) is 4.20. The van der Waals surface area contributed by atoms with E-state index in [2.05, 4.69) is 34.1 Å². The van der Waals surface area contributed by atoms with Gasteiger partial charge < -0.3 is 10.0 Å². The lowest BCUT2D eigenvalue weighted by Gasteiger charge is -2.34. The number of aliphatic carboxylic acids is 1. The molecule has 1 aliphatic rings. The first-order chi connectivity index (χ1) is 14.5. The number of carboxylic acid groups (broad SMARTS) is 1. The standard InChI is InChI=1S/C25H29ClN2O2/c1-20(19-25(29)30)23-8-4-22(5-9-23)12-14-28-17-15-27(16-18-28)13-2-3-21-6-10-24(26)11-7-21/h2-11,19H,12-18H2,1H3,(H,29,30). The second kappa shape index (κ2) is 11.1. The van der Waals surface area contributed by atoms with E-state index in [1.807, 2.05) is 43.3 Å². The molecule has 0 amide bonds.